The number of fused-ring (bicyclic) bond motifs is 6. The van der Waals surface area contributed by atoms with Gasteiger partial charge in [0.2, 0.25) is 0 Å². The van der Waals surface area contributed by atoms with Crippen LogP contribution in [0.1, 0.15) is 130 Å². The minimum absolute atomic E-state index is 0.684. The molecule has 0 N–H and O–H groups in total. The van der Waals surface area contributed by atoms with Gasteiger partial charge in [-0.15, -0.1) is 0 Å². The van der Waals surface area contributed by atoms with Gasteiger partial charge in [-0.3, -0.25) is 4.98 Å². The molecule has 46 heavy (non-hydrogen) atoms. The molecule has 4 aromatic rings. The zero-order valence-corrected chi connectivity index (χ0v) is 29.3. The van der Waals surface area contributed by atoms with Crippen molar-refractivity contribution in [3.8, 4) is 23.0 Å². The summed E-state index contributed by atoms with van der Waals surface area (Å²) in [6.45, 7) is 11.7. The number of aromatic nitrogens is 1. The molecule has 0 aliphatic rings. The van der Waals surface area contributed by atoms with Crippen LogP contribution in [0.25, 0.3) is 32.4 Å². The predicted octanol–water partition coefficient (Wildman–Crippen LogP) is 12.4. The van der Waals surface area contributed by atoms with Gasteiger partial charge in [-0.1, -0.05) is 111 Å². The Bertz CT molecular complexity index is 1360. The van der Waals surface area contributed by atoms with Crippen LogP contribution in [0.5, 0.6) is 23.0 Å². The summed E-state index contributed by atoms with van der Waals surface area (Å²) in [6, 6.07) is 12.9. The number of hydrogen-bond donors (Lipinski definition) is 0. The van der Waals surface area contributed by atoms with Crippen LogP contribution in [-0.4, -0.2) is 31.4 Å². The summed E-state index contributed by atoms with van der Waals surface area (Å²) in [5.74, 6) is 3.27. The third kappa shape index (κ3) is 10.1. The molecule has 5 nitrogen and oxygen atoms in total. The molecule has 4 rings (SSSR count). The molecule has 0 aliphatic heterocycles. The first-order valence-electron chi connectivity index (χ1n) is 18.5. The lowest BCUT2D eigenvalue weighted by molar-refractivity contribution is 0.259. The molecule has 1 heterocycles. The normalized spacial score (nSPS) is 11.5. The van der Waals surface area contributed by atoms with E-state index in [0.717, 1.165) is 81.1 Å². The van der Waals surface area contributed by atoms with E-state index in [1.54, 1.807) is 0 Å². The second kappa shape index (κ2) is 20.1. The average Bonchev–Trinajstić information content (AvgIpc) is 3.08. The molecule has 0 spiro atoms. The fraction of sp³-hybridized carbons (Fsp3) is 0.585. The van der Waals surface area contributed by atoms with Gasteiger partial charge < -0.3 is 18.9 Å². The number of nitrogens with zero attached hydrogens (tertiary/aromatic N) is 1. The fourth-order valence-electron chi connectivity index (χ4n) is 6.12. The van der Waals surface area contributed by atoms with Crippen LogP contribution < -0.4 is 18.9 Å². The van der Waals surface area contributed by atoms with Gasteiger partial charge >= 0.3 is 0 Å². The highest BCUT2D eigenvalue weighted by Crippen LogP contribution is 2.44. The molecule has 0 saturated carbocycles. The maximum atomic E-state index is 6.48. The lowest BCUT2D eigenvalue weighted by Gasteiger charge is -2.19. The Hall–Kier alpha value is -3.21. The first kappa shape index (κ1) is 35.6. The van der Waals surface area contributed by atoms with Crippen molar-refractivity contribution < 1.29 is 18.9 Å². The highest BCUT2D eigenvalue weighted by atomic mass is 16.5. The van der Waals surface area contributed by atoms with Crippen molar-refractivity contribution in [2.45, 2.75) is 130 Å². The third-order valence-electron chi connectivity index (χ3n) is 8.83. The highest BCUT2D eigenvalue weighted by molar-refractivity contribution is 6.25. The monoisotopic (exact) mass is 629 g/mol. The van der Waals surface area contributed by atoms with Crippen LogP contribution in [-0.2, 0) is 0 Å². The number of pyridine rings is 1. The lowest BCUT2D eigenvalue weighted by atomic mass is 9.96. The van der Waals surface area contributed by atoms with Crippen LogP contribution in [0.4, 0.5) is 0 Å². The van der Waals surface area contributed by atoms with E-state index in [1.807, 2.05) is 12.3 Å². The summed E-state index contributed by atoms with van der Waals surface area (Å²) in [6.07, 6.45) is 20.5. The molecule has 0 bridgehead atoms. The van der Waals surface area contributed by atoms with E-state index in [-0.39, 0.29) is 0 Å². The fourth-order valence-corrected chi connectivity index (χ4v) is 6.12. The summed E-state index contributed by atoms with van der Waals surface area (Å²) in [5, 5.41) is 5.54. The molecule has 0 radical (unpaired) electrons. The zero-order valence-electron chi connectivity index (χ0n) is 29.3. The van der Waals surface area contributed by atoms with Crippen molar-refractivity contribution >= 4 is 32.4 Å². The standard InChI is InChI=1S/C41H59NO4/c1-5-9-13-17-24-43-37-28-33-32-22-21-23-42-41(32)36-31-40(46-27-20-16-12-8-4)39(45-26-19-15-11-7-3)30-35(36)34(33)29-38(37)44-25-18-14-10-6-2/h21-23,28-31H,5-20,24-27H2,1-4H3. The molecule has 252 valence electrons. The van der Waals surface area contributed by atoms with Crippen LogP contribution in [0.2, 0.25) is 0 Å². The molecule has 0 aliphatic carbocycles. The summed E-state index contributed by atoms with van der Waals surface area (Å²) >= 11 is 0. The maximum Gasteiger partial charge on any atom is 0.161 e. The summed E-state index contributed by atoms with van der Waals surface area (Å²) < 4.78 is 25.8. The van der Waals surface area contributed by atoms with E-state index in [2.05, 4.69) is 58.0 Å². The Morgan fingerprint density at radius 3 is 1.15 bits per heavy atom. The second-order valence-electron chi connectivity index (χ2n) is 12.7. The van der Waals surface area contributed by atoms with E-state index in [1.165, 1.54) is 77.0 Å². The van der Waals surface area contributed by atoms with Gasteiger partial charge in [-0.25, -0.2) is 0 Å². The van der Waals surface area contributed by atoms with Crippen molar-refractivity contribution in [2.75, 3.05) is 26.4 Å². The second-order valence-corrected chi connectivity index (χ2v) is 12.7. The van der Waals surface area contributed by atoms with Gasteiger partial charge in [0, 0.05) is 17.0 Å². The third-order valence-corrected chi connectivity index (χ3v) is 8.83. The molecule has 0 unspecified atom stereocenters. The molecule has 1 aromatic heterocycles. The molecular weight excluding hydrogens is 570 g/mol. The molecule has 0 fully saturated rings. The SMILES string of the molecule is CCCCCCOc1cc2c(cc1OCCCCCC)c1cccnc1c1cc(OCCCCCC)c(OCCCCCC)cc21. The minimum atomic E-state index is 0.684. The number of rotatable bonds is 24. The van der Waals surface area contributed by atoms with Crippen LogP contribution in [0.15, 0.2) is 42.6 Å². The van der Waals surface area contributed by atoms with Gasteiger partial charge in [0.25, 0.3) is 0 Å². The average molecular weight is 630 g/mol. The van der Waals surface area contributed by atoms with Gasteiger partial charge in [0.05, 0.1) is 31.9 Å². The van der Waals surface area contributed by atoms with Gasteiger partial charge in [0.15, 0.2) is 23.0 Å². The van der Waals surface area contributed by atoms with Gasteiger partial charge in [0.1, 0.15) is 0 Å². The van der Waals surface area contributed by atoms with E-state index >= 15 is 0 Å². The first-order valence-corrected chi connectivity index (χ1v) is 18.5. The Balaban J connectivity index is 1.79. The number of ether oxygens (including phenoxy) is 4. The number of hydrogen-bond acceptors (Lipinski definition) is 5. The number of benzene rings is 3. The molecule has 3 aromatic carbocycles. The Labute approximate surface area is 278 Å². The largest absolute Gasteiger partial charge is 0.490 e. The maximum absolute atomic E-state index is 6.48. The van der Waals surface area contributed by atoms with Crippen LogP contribution in [0, 0.1) is 0 Å². The summed E-state index contributed by atoms with van der Waals surface area (Å²) in [7, 11) is 0. The van der Waals surface area contributed by atoms with Gasteiger partial charge in [-0.2, -0.15) is 0 Å². The Kier molecular flexibility index (Phi) is 15.6. The van der Waals surface area contributed by atoms with Crippen LogP contribution >= 0.6 is 0 Å². The smallest absolute Gasteiger partial charge is 0.161 e. The van der Waals surface area contributed by atoms with E-state index in [4.69, 9.17) is 23.9 Å². The molecule has 0 atom stereocenters. The minimum Gasteiger partial charge on any atom is -0.490 e. The van der Waals surface area contributed by atoms with Crippen molar-refractivity contribution in [3.05, 3.63) is 42.6 Å². The highest BCUT2D eigenvalue weighted by Gasteiger charge is 2.18. The Morgan fingerprint density at radius 1 is 0.413 bits per heavy atom. The van der Waals surface area contributed by atoms with Crippen molar-refractivity contribution in [1.82, 2.24) is 4.98 Å². The first-order chi connectivity index (χ1) is 22.7. The molecule has 0 amide bonds. The lowest BCUT2D eigenvalue weighted by Crippen LogP contribution is -2.04. The quantitative estimate of drug-likeness (QED) is 0.0570. The van der Waals surface area contributed by atoms with E-state index in [9.17, 15) is 0 Å². The number of unbranched alkanes of at least 4 members (excludes halogenated alkanes) is 12. The molecular formula is C41H59NO4. The molecule has 0 saturated heterocycles. The van der Waals surface area contributed by atoms with Crippen molar-refractivity contribution in [2.24, 2.45) is 0 Å². The van der Waals surface area contributed by atoms with Gasteiger partial charge in [-0.05, 0) is 72.2 Å². The summed E-state index contributed by atoms with van der Waals surface area (Å²) in [5.41, 5.74) is 0.970. The molecule has 5 heteroatoms. The van der Waals surface area contributed by atoms with Crippen molar-refractivity contribution in [3.63, 3.8) is 0 Å². The van der Waals surface area contributed by atoms with Crippen molar-refractivity contribution in [1.29, 1.82) is 0 Å². The summed E-state index contributed by atoms with van der Waals surface area (Å²) in [4.78, 5) is 4.90. The van der Waals surface area contributed by atoms with E-state index in [0.29, 0.717) is 26.4 Å². The van der Waals surface area contributed by atoms with E-state index < -0.39 is 0 Å². The predicted molar refractivity (Wildman–Crippen MR) is 195 cm³/mol. The topological polar surface area (TPSA) is 49.8 Å². The van der Waals surface area contributed by atoms with Crippen LogP contribution in [0.3, 0.4) is 0 Å². The Morgan fingerprint density at radius 2 is 0.761 bits per heavy atom. The zero-order chi connectivity index (χ0) is 32.4.